The molecule has 0 fully saturated rings. The van der Waals surface area contributed by atoms with E-state index in [0.717, 1.165) is 23.4 Å². The molecule has 0 aliphatic rings. The maximum atomic E-state index is 9.35. The molecule has 2 rings (SSSR count). The lowest BCUT2D eigenvalue weighted by atomic mass is 10.1. The highest BCUT2D eigenvalue weighted by Gasteiger charge is 2.15. The molecule has 0 spiro atoms. The molecule has 0 unspecified atom stereocenters. The quantitative estimate of drug-likeness (QED) is 0.936. The standard InChI is InChI=1S/C14H18ClN3O/c1-9(2)6-14-13(8-19)16-17-18(14)11-5-4-10(3)12(15)7-11/h4-5,7,9,19H,6,8H2,1-3H3. The Kier molecular flexibility index (Phi) is 4.22. The Hall–Kier alpha value is -1.39. The molecule has 0 atom stereocenters. The molecule has 0 saturated heterocycles. The minimum atomic E-state index is -0.0956. The van der Waals surface area contributed by atoms with Crippen molar-refractivity contribution in [2.24, 2.45) is 5.92 Å². The smallest absolute Gasteiger partial charge is 0.112 e. The monoisotopic (exact) mass is 279 g/mol. The van der Waals surface area contributed by atoms with Crippen molar-refractivity contribution < 1.29 is 5.11 Å². The summed E-state index contributed by atoms with van der Waals surface area (Å²) in [4.78, 5) is 0. The van der Waals surface area contributed by atoms with Crippen molar-refractivity contribution in [3.8, 4) is 5.69 Å². The first-order chi connectivity index (χ1) is 9.02. The van der Waals surface area contributed by atoms with E-state index in [-0.39, 0.29) is 6.61 Å². The van der Waals surface area contributed by atoms with E-state index in [2.05, 4.69) is 24.2 Å². The number of aryl methyl sites for hydroxylation is 1. The topological polar surface area (TPSA) is 50.9 Å². The van der Waals surface area contributed by atoms with E-state index in [1.807, 2.05) is 25.1 Å². The zero-order chi connectivity index (χ0) is 14.0. The number of hydrogen-bond donors (Lipinski definition) is 1. The van der Waals surface area contributed by atoms with Gasteiger partial charge in [-0.3, -0.25) is 0 Å². The van der Waals surface area contributed by atoms with Gasteiger partial charge in [-0.05, 0) is 37.0 Å². The summed E-state index contributed by atoms with van der Waals surface area (Å²) in [6, 6.07) is 5.79. The largest absolute Gasteiger partial charge is 0.390 e. The van der Waals surface area contributed by atoms with Crippen molar-refractivity contribution in [1.29, 1.82) is 0 Å². The summed E-state index contributed by atoms with van der Waals surface area (Å²) >= 11 is 6.15. The zero-order valence-electron chi connectivity index (χ0n) is 11.4. The maximum Gasteiger partial charge on any atom is 0.112 e. The SMILES string of the molecule is Cc1ccc(-n2nnc(CO)c2CC(C)C)cc1Cl. The Morgan fingerprint density at radius 2 is 2.11 bits per heavy atom. The van der Waals surface area contributed by atoms with E-state index in [4.69, 9.17) is 11.6 Å². The van der Waals surface area contributed by atoms with Crippen LogP contribution in [0.3, 0.4) is 0 Å². The van der Waals surface area contributed by atoms with Crippen LogP contribution in [-0.4, -0.2) is 20.1 Å². The molecule has 2 aromatic rings. The molecular weight excluding hydrogens is 262 g/mol. The highest BCUT2D eigenvalue weighted by atomic mass is 35.5. The van der Waals surface area contributed by atoms with Crippen LogP contribution >= 0.6 is 11.6 Å². The number of aliphatic hydroxyl groups is 1. The van der Waals surface area contributed by atoms with Gasteiger partial charge >= 0.3 is 0 Å². The summed E-state index contributed by atoms with van der Waals surface area (Å²) in [6.45, 7) is 6.12. The predicted octanol–water partition coefficient (Wildman–Crippen LogP) is 2.92. The van der Waals surface area contributed by atoms with Gasteiger partial charge in [-0.25, -0.2) is 4.68 Å². The first-order valence-electron chi connectivity index (χ1n) is 6.33. The maximum absolute atomic E-state index is 9.35. The molecule has 0 aliphatic heterocycles. The van der Waals surface area contributed by atoms with Crippen LogP contribution in [0, 0.1) is 12.8 Å². The summed E-state index contributed by atoms with van der Waals surface area (Å²) in [5.74, 6) is 0.462. The lowest BCUT2D eigenvalue weighted by Crippen LogP contribution is -2.07. The average Bonchev–Trinajstić information content (AvgIpc) is 2.75. The molecule has 0 amide bonds. The second-order valence-corrected chi connectivity index (χ2v) is 5.49. The average molecular weight is 280 g/mol. The van der Waals surface area contributed by atoms with Crippen LogP contribution in [0.4, 0.5) is 0 Å². The van der Waals surface area contributed by atoms with Crippen molar-refractivity contribution in [2.45, 2.75) is 33.8 Å². The molecule has 4 nitrogen and oxygen atoms in total. The van der Waals surface area contributed by atoms with Gasteiger partial charge in [-0.15, -0.1) is 5.10 Å². The van der Waals surface area contributed by atoms with Crippen molar-refractivity contribution in [1.82, 2.24) is 15.0 Å². The van der Waals surface area contributed by atoms with Crippen LogP contribution in [0.2, 0.25) is 5.02 Å². The minimum Gasteiger partial charge on any atom is -0.390 e. The lowest BCUT2D eigenvalue weighted by Gasteiger charge is -2.10. The van der Waals surface area contributed by atoms with E-state index in [1.54, 1.807) is 4.68 Å². The van der Waals surface area contributed by atoms with E-state index < -0.39 is 0 Å². The Labute approximate surface area is 118 Å². The molecule has 1 heterocycles. The highest BCUT2D eigenvalue weighted by Crippen LogP contribution is 2.22. The normalized spacial score (nSPS) is 11.3. The van der Waals surface area contributed by atoms with Gasteiger partial charge in [0, 0.05) is 5.02 Å². The van der Waals surface area contributed by atoms with Crippen LogP contribution in [-0.2, 0) is 13.0 Å². The molecule has 1 N–H and O–H groups in total. The van der Waals surface area contributed by atoms with E-state index in [0.29, 0.717) is 16.6 Å². The first-order valence-corrected chi connectivity index (χ1v) is 6.71. The van der Waals surface area contributed by atoms with Crippen molar-refractivity contribution in [2.75, 3.05) is 0 Å². The van der Waals surface area contributed by atoms with E-state index in [1.165, 1.54) is 0 Å². The van der Waals surface area contributed by atoms with Crippen LogP contribution in [0.25, 0.3) is 5.69 Å². The highest BCUT2D eigenvalue weighted by molar-refractivity contribution is 6.31. The predicted molar refractivity (Wildman–Crippen MR) is 75.6 cm³/mol. The fourth-order valence-electron chi connectivity index (χ4n) is 1.97. The van der Waals surface area contributed by atoms with Crippen LogP contribution < -0.4 is 0 Å². The van der Waals surface area contributed by atoms with Gasteiger partial charge in [-0.1, -0.05) is 36.7 Å². The van der Waals surface area contributed by atoms with Crippen LogP contribution in [0.1, 0.15) is 30.8 Å². The first kappa shape index (κ1) is 14.0. The number of aromatic nitrogens is 3. The molecular formula is C14H18ClN3O. The number of nitrogens with zero attached hydrogens (tertiary/aromatic N) is 3. The van der Waals surface area contributed by atoms with Gasteiger partial charge in [0.25, 0.3) is 0 Å². The Morgan fingerprint density at radius 3 is 2.68 bits per heavy atom. The van der Waals surface area contributed by atoms with Gasteiger partial charge in [0.1, 0.15) is 5.69 Å². The lowest BCUT2D eigenvalue weighted by molar-refractivity contribution is 0.275. The minimum absolute atomic E-state index is 0.0956. The van der Waals surface area contributed by atoms with E-state index in [9.17, 15) is 5.11 Å². The fraction of sp³-hybridized carbons (Fsp3) is 0.429. The molecule has 0 bridgehead atoms. The number of aliphatic hydroxyl groups excluding tert-OH is 1. The summed E-state index contributed by atoms with van der Waals surface area (Å²) in [5, 5.41) is 18.2. The number of benzene rings is 1. The molecule has 1 aromatic carbocycles. The molecule has 5 heteroatoms. The van der Waals surface area contributed by atoms with Crippen LogP contribution in [0.15, 0.2) is 18.2 Å². The summed E-state index contributed by atoms with van der Waals surface area (Å²) in [5.41, 5.74) is 3.47. The Morgan fingerprint density at radius 1 is 1.37 bits per heavy atom. The van der Waals surface area contributed by atoms with Gasteiger partial charge in [0.15, 0.2) is 0 Å². The fourth-order valence-corrected chi connectivity index (χ4v) is 2.14. The van der Waals surface area contributed by atoms with Crippen LogP contribution in [0.5, 0.6) is 0 Å². The van der Waals surface area contributed by atoms with Gasteiger partial charge < -0.3 is 5.11 Å². The molecule has 1 aromatic heterocycles. The molecule has 102 valence electrons. The molecule has 0 saturated carbocycles. The third-order valence-electron chi connectivity index (χ3n) is 3.00. The van der Waals surface area contributed by atoms with Gasteiger partial charge in [0.2, 0.25) is 0 Å². The van der Waals surface area contributed by atoms with Crippen molar-refractivity contribution in [3.63, 3.8) is 0 Å². The number of halogens is 1. The number of rotatable bonds is 4. The summed E-state index contributed by atoms with van der Waals surface area (Å²) < 4.78 is 1.76. The Balaban J connectivity index is 2.48. The second-order valence-electron chi connectivity index (χ2n) is 5.08. The molecule has 0 radical (unpaired) electrons. The Bertz CT molecular complexity index is 578. The second kappa shape index (κ2) is 5.72. The third-order valence-corrected chi connectivity index (χ3v) is 3.40. The molecule has 19 heavy (non-hydrogen) atoms. The van der Waals surface area contributed by atoms with E-state index >= 15 is 0 Å². The third kappa shape index (κ3) is 2.96. The molecule has 0 aliphatic carbocycles. The summed E-state index contributed by atoms with van der Waals surface area (Å²) in [6.07, 6.45) is 0.814. The summed E-state index contributed by atoms with van der Waals surface area (Å²) in [7, 11) is 0. The van der Waals surface area contributed by atoms with Crippen molar-refractivity contribution in [3.05, 3.63) is 40.2 Å². The zero-order valence-corrected chi connectivity index (χ0v) is 12.1. The number of hydrogen-bond acceptors (Lipinski definition) is 3. The van der Waals surface area contributed by atoms with Crippen molar-refractivity contribution >= 4 is 11.6 Å². The van der Waals surface area contributed by atoms with Gasteiger partial charge in [-0.2, -0.15) is 0 Å². The van der Waals surface area contributed by atoms with Gasteiger partial charge in [0.05, 0.1) is 18.0 Å².